The predicted molar refractivity (Wildman–Crippen MR) is 131 cm³/mol. The summed E-state index contributed by atoms with van der Waals surface area (Å²) in [5.41, 5.74) is 6.78. The number of rotatable bonds is 5. The van der Waals surface area contributed by atoms with Crippen molar-refractivity contribution >= 4 is 21.4 Å². The molecule has 0 saturated carbocycles. The molecule has 5 rings (SSSR count). The van der Waals surface area contributed by atoms with Crippen molar-refractivity contribution in [3.05, 3.63) is 102 Å². The quantitative estimate of drug-likeness (QED) is 0.381. The van der Waals surface area contributed by atoms with Crippen molar-refractivity contribution in [3.63, 3.8) is 0 Å². The molecule has 0 fully saturated rings. The summed E-state index contributed by atoms with van der Waals surface area (Å²) in [6, 6.07) is 26.0. The van der Waals surface area contributed by atoms with Crippen LogP contribution in [0.25, 0.3) is 28.0 Å². The Morgan fingerprint density at radius 1 is 0.818 bits per heavy atom. The van der Waals surface area contributed by atoms with Crippen molar-refractivity contribution in [2.45, 2.75) is 18.7 Å². The first-order valence-electron chi connectivity index (χ1n) is 10.5. The van der Waals surface area contributed by atoms with Gasteiger partial charge >= 0.3 is 0 Å². The molecular formula is C26H22N4O2S. The molecule has 0 bridgehead atoms. The van der Waals surface area contributed by atoms with E-state index in [4.69, 9.17) is 5.10 Å². The molecule has 33 heavy (non-hydrogen) atoms. The number of hydrogen-bond acceptors (Lipinski definition) is 4. The van der Waals surface area contributed by atoms with E-state index in [1.165, 1.54) is 0 Å². The van der Waals surface area contributed by atoms with Gasteiger partial charge in [0.1, 0.15) is 0 Å². The van der Waals surface area contributed by atoms with Gasteiger partial charge in [0.2, 0.25) is 0 Å². The molecule has 0 amide bonds. The van der Waals surface area contributed by atoms with E-state index in [2.05, 4.69) is 9.71 Å². The smallest absolute Gasteiger partial charge is 0.261 e. The number of nitrogens with one attached hydrogen (secondary N) is 1. The number of hydrogen-bond donors (Lipinski definition) is 1. The van der Waals surface area contributed by atoms with Gasteiger partial charge in [0.15, 0.2) is 5.65 Å². The average molecular weight is 455 g/mol. The van der Waals surface area contributed by atoms with E-state index in [0.717, 1.165) is 39.3 Å². The molecule has 0 unspecified atom stereocenters. The molecule has 164 valence electrons. The van der Waals surface area contributed by atoms with E-state index < -0.39 is 10.0 Å². The summed E-state index contributed by atoms with van der Waals surface area (Å²) >= 11 is 0. The van der Waals surface area contributed by atoms with Crippen LogP contribution in [0.2, 0.25) is 0 Å². The van der Waals surface area contributed by atoms with Crippen LogP contribution in [-0.4, -0.2) is 23.0 Å². The highest BCUT2D eigenvalue weighted by molar-refractivity contribution is 7.92. The second-order valence-corrected chi connectivity index (χ2v) is 9.57. The van der Waals surface area contributed by atoms with E-state index in [-0.39, 0.29) is 4.90 Å². The van der Waals surface area contributed by atoms with Gasteiger partial charge in [-0.3, -0.25) is 4.72 Å². The highest BCUT2D eigenvalue weighted by Crippen LogP contribution is 2.31. The Kier molecular flexibility index (Phi) is 5.18. The first-order chi connectivity index (χ1) is 15.9. The number of fused-ring (bicyclic) bond motifs is 1. The van der Waals surface area contributed by atoms with Crippen LogP contribution in [0.15, 0.2) is 96.0 Å². The van der Waals surface area contributed by atoms with Crippen LogP contribution in [0.1, 0.15) is 11.3 Å². The summed E-state index contributed by atoms with van der Waals surface area (Å²) in [5, 5.41) is 4.74. The third-order valence-electron chi connectivity index (χ3n) is 5.50. The Balaban J connectivity index is 1.55. The lowest BCUT2D eigenvalue weighted by molar-refractivity contribution is 0.601. The SMILES string of the molecule is Cc1ccc(S(=O)(=O)Nc2cccc(-c3ccnc4c(-c5ccccc5)c(C)nn34)c2)cc1. The van der Waals surface area contributed by atoms with Crippen molar-refractivity contribution in [1.82, 2.24) is 14.6 Å². The second-order valence-electron chi connectivity index (χ2n) is 7.89. The van der Waals surface area contributed by atoms with Crippen LogP contribution in [-0.2, 0) is 10.0 Å². The maximum Gasteiger partial charge on any atom is 0.261 e. The Morgan fingerprint density at radius 2 is 1.55 bits per heavy atom. The van der Waals surface area contributed by atoms with E-state index >= 15 is 0 Å². The molecule has 2 heterocycles. The number of aromatic nitrogens is 3. The van der Waals surface area contributed by atoms with Gasteiger partial charge < -0.3 is 0 Å². The van der Waals surface area contributed by atoms with Gasteiger partial charge in [0.05, 0.1) is 16.3 Å². The summed E-state index contributed by atoms with van der Waals surface area (Å²) in [7, 11) is -3.69. The van der Waals surface area contributed by atoms with E-state index in [1.54, 1.807) is 42.6 Å². The number of benzene rings is 3. The maximum absolute atomic E-state index is 12.8. The molecule has 3 aromatic carbocycles. The molecule has 0 saturated heterocycles. The van der Waals surface area contributed by atoms with Crippen molar-refractivity contribution < 1.29 is 8.42 Å². The van der Waals surface area contributed by atoms with Crippen LogP contribution in [0.3, 0.4) is 0 Å². The largest absolute Gasteiger partial charge is 0.280 e. The lowest BCUT2D eigenvalue weighted by Gasteiger charge is -2.11. The highest BCUT2D eigenvalue weighted by Gasteiger charge is 2.17. The van der Waals surface area contributed by atoms with E-state index in [9.17, 15) is 8.42 Å². The van der Waals surface area contributed by atoms with Gasteiger partial charge in [0, 0.05) is 23.0 Å². The Hall–Kier alpha value is -3.97. The van der Waals surface area contributed by atoms with Crippen LogP contribution in [0.4, 0.5) is 5.69 Å². The molecule has 0 atom stereocenters. The van der Waals surface area contributed by atoms with E-state index in [1.807, 2.05) is 66.9 Å². The van der Waals surface area contributed by atoms with Crippen molar-refractivity contribution in [2.24, 2.45) is 0 Å². The predicted octanol–water partition coefficient (Wildman–Crippen LogP) is 5.48. The first-order valence-corrected chi connectivity index (χ1v) is 12.0. The van der Waals surface area contributed by atoms with Gasteiger partial charge in [-0.05, 0) is 49.7 Å². The molecule has 0 aliphatic rings. The summed E-state index contributed by atoms with van der Waals surface area (Å²) in [5.74, 6) is 0. The molecule has 0 aliphatic carbocycles. The normalized spacial score (nSPS) is 11.6. The van der Waals surface area contributed by atoms with Crippen molar-refractivity contribution in [2.75, 3.05) is 4.72 Å². The number of sulfonamides is 1. The minimum Gasteiger partial charge on any atom is -0.280 e. The van der Waals surface area contributed by atoms with Gasteiger partial charge in [-0.1, -0.05) is 60.2 Å². The van der Waals surface area contributed by atoms with Gasteiger partial charge in [-0.15, -0.1) is 0 Å². The minimum atomic E-state index is -3.69. The monoisotopic (exact) mass is 454 g/mol. The number of anilines is 1. The Bertz CT molecular complexity index is 1560. The zero-order valence-electron chi connectivity index (χ0n) is 18.2. The first kappa shape index (κ1) is 20.9. The summed E-state index contributed by atoms with van der Waals surface area (Å²) in [6.45, 7) is 3.88. The van der Waals surface area contributed by atoms with Crippen LogP contribution in [0, 0.1) is 13.8 Å². The summed E-state index contributed by atoms with van der Waals surface area (Å²) < 4.78 is 30.2. The molecule has 5 aromatic rings. The van der Waals surface area contributed by atoms with Crippen molar-refractivity contribution in [1.29, 1.82) is 0 Å². The Morgan fingerprint density at radius 3 is 2.30 bits per heavy atom. The molecule has 0 aliphatic heterocycles. The number of aryl methyl sites for hydroxylation is 2. The van der Waals surface area contributed by atoms with Gasteiger partial charge in [0.25, 0.3) is 10.0 Å². The highest BCUT2D eigenvalue weighted by atomic mass is 32.2. The fraction of sp³-hybridized carbons (Fsp3) is 0.0769. The molecule has 7 heteroatoms. The fourth-order valence-corrected chi connectivity index (χ4v) is 4.94. The topological polar surface area (TPSA) is 76.4 Å². The van der Waals surface area contributed by atoms with Crippen molar-refractivity contribution in [3.8, 4) is 22.4 Å². The number of nitrogens with zero attached hydrogens (tertiary/aromatic N) is 3. The molecule has 1 N–H and O–H groups in total. The average Bonchev–Trinajstić information content (AvgIpc) is 3.15. The molecule has 0 radical (unpaired) electrons. The minimum absolute atomic E-state index is 0.222. The summed E-state index contributed by atoms with van der Waals surface area (Å²) in [6.07, 6.45) is 1.75. The zero-order valence-corrected chi connectivity index (χ0v) is 19.0. The molecular weight excluding hydrogens is 432 g/mol. The Labute approximate surface area is 192 Å². The fourth-order valence-electron chi connectivity index (χ4n) is 3.89. The summed E-state index contributed by atoms with van der Waals surface area (Å²) in [4.78, 5) is 4.80. The van der Waals surface area contributed by atoms with Crippen LogP contribution < -0.4 is 4.72 Å². The van der Waals surface area contributed by atoms with Gasteiger partial charge in [-0.25, -0.2) is 17.9 Å². The second kappa shape index (κ2) is 8.18. The lowest BCUT2D eigenvalue weighted by Crippen LogP contribution is -2.13. The van der Waals surface area contributed by atoms with Crippen LogP contribution >= 0.6 is 0 Å². The zero-order chi connectivity index (χ0) is 23.0. The third-order valence-corrected chi connectivity index (χ3v) is 6.89. The lowest BCUT2D eigenvalue weighted by atomic mass is 10.1. The molecule has 2 aromatic heterocycles. The third kappa shape index (κ3) is 3.99. The van der Waals surface area contributed by atoms with Crippen LogP contribution in [0.5, 0.6) is 0 Å². The molecule has 0 spiro atoms. The standard InChI is InChI=1S/C26H22N4O2S/c1-18-11-13-23(14-12-18)33(31,32)29-22-10-6-9-21(17-22)24-15-16-27-26-25(19(2)28-30(24)26)20-7-4-3-5-8-20/h3-17,29H,1-2H3. The van der Waals surface area contributed by atoms with Gasteiger partial charge in [-0.2, -0.15) is 5.10 Å². The maximum atomic E-state index is 12.8. The molecule has 6 nitrogen and oxygen atoms in total. The van der Waals surface area contributed by atoms with E-state index in [0.29, 0.717) is 5.69 Å².